The minimum absolute atomic E-state index is 0.169. The molecule has 0 saturated carbocycles. The van der Waals surface area contributed by atoms with Gasteiger partial charge in [0.2, 0.25) is 0 Å². The summed E-state index contributed by atoms with van der Waals surface area (Å²) < 4.78 is 7.23. The highest BCUT2D eigenvalue weighted by Crippen LogP contribution is 2.25. The largest absolute Gasteiger partial charge is 0.497 e. The molecule has 4 aromatic rings. The van der Waals surface area contributed by atoms with Crippen molar-refractivity contribution >= 4 is 23.2 Å². The van der Waals surface area contributed by atoms with Crippen LogP contribution in [-0.4, -0.2) is 22.8 Å². The smallest absolute Gasteiger partial charge is 0.256 e. The van der Waals surface area contributed by atoms with Crippen LogP contribution in [0.3, 0.4) is 0 Å². The van der Waals surface area contributed by atoms with Crippen molar-refractivity contribution in [1.29, 1.82) is 0 Å². The molecule has 0 atom stereocenters. The van der Waals surface area contributed by atoms with Crippen molar-refractivity contribution in [3.8, 4) is 5.75 Å². The number of aryl methyl sites for hydroxylation is 1. The Balaban J connectivity index is 1.63. The molecule has 0 saturated heterocycles. The van der Waals surface area contributed by atoms with Crippen molar-refractivity contribution < 1.29 is 9.53 Å². The van der Waals surface area contributed by atoms with Gasteiger partial charge in [0.25, 0.3) is 5.91 Å². The van der Waals surface area contributed by atoms with Crippen molar-refractivity contribution in [3.05, 3.63) is 113 Å². The van der Waals surface area contributed by atoms with Crippen LogP contribution in [0.15, 0.2) is 84.9 Å². The summed E-state index contributed by atoms with van der Waals surface area (Å²) in [5.74, 6) is 0.637. The van der Waals surface area contributed by atoms with Gasteiger partial charge in [0.15, 0.2) is 0 Å². The summed E-state index contributed by atoms with van der Waals surface area (Å²) in [7, 11) is 1.66. The van der Waals surface area contributed by atoms with E-state index in [2.05, 4.69) is 10.4 Å². The molecular weight excluding hydrogens is 410 g/mol. The highest BCUT2D eigenvalue weighted by Gasteiger charge is 2.18. The minimum atomic E-state index is -0.169. The van der Waals surface area contributed by atoms with Gasteiger partial charge in [-0.05, 0) is 48.7 Å². The number of aromatic nitrogens is 2. The number of anilines is 1. The molecule has 0 aliphatic heterocycles. The van der Waals surface area contributed by atoms with Crippen molar-refractivity contribution in [1.82, 2.24) is 9.78 Å². The summed E-state index contributed by atoms with van der Waals surface area (Å²) in [6.07, 6.45) is 1.91. The lowest BCUT2D eigenvalue weighted by atomic mass is 10.0. The van der Waals surface area contributed by atoms with Crippen LogP contribution in [-0.2, 0) is 11.3 Å². The number of carbonyl (C=O) groups is 1. The van der Waals surface area contributed by atoms with E-state index in [1.165, 1.54) is 0 Å². The fraction of sp³-hybridized carbons (Fsp3) is 0.143. The average molecular weight is 438 g/mol. The Morgan fingerprint density at radius 1 is 0.970 bits per heavy atom. The van der Waals surface area contributed by atoms with E-state index in [0.29, 0.717) is 12.1 Å². The Bertz CT molecular complexity index is 1280. The zero-order chi connectivity index (χ0) is 23.2. The number of rotatable bonds is 7. The Hall–Kier alpha value is -4.12. The van der Waals surface area contributed by atoms with E-state index in [-0.39, 0.29) is 5.91 Å². The number of methoxy groups -OCH3 is 1. The third kappa shape index (κ3) is 5.21. The molecule has 0 aliphatic carbocycles. The second-order valence-electron chi connectivity index (χ2n) is 7.84. The molecule has 33 heavy (non-hydrogen) atoms. The maximum atomic E-state index is 13.4. The van der Waals surface area contributed by atoms with Gasteiger partial charge in [0, 0.05) is 5.57 Å². The molecule has 0 aliphatic rings. The van der Waals surface area contributed by atoms with Crippen LogP contribution in [0.1, 0.15) is 28.1 Å². The van der Waals surface area contributed by atoms with Gasteiger partial charge in [0.1, 0.15) is 5.75 Å². The third-order valence-electron chi connectivity index (χ3n) is 5.53. The first kappa shape index (κ1) is 22.1. The standard InChI is InChI=1S/C28H27N3O2/c1-20-27(21(2)31(30-20)19-23-13-10-16-25(17-23)33-3)29-28(32)26(24-14-8-5-9-15-24)18-22-11-6-4-7-12-22/h4-18H,19H2,1-3H3,(H,29,32)/b26-18-. The first-order chi connectivity index (χ1) is 16.0. The zero-order valence-corrected chi connectivity index (χ0v) is 19.1. The van der Waals surface area contributed by atoms with Gasteiger partial charge in [-0.2, -0.15) is 5.10 Å². The minimum Gasteiger partial charge on any atom is -0.497 e. The quantitative estimate of drug-likeness (QED) is 0.296. The number of carbonyl (C=O) groups excluding carboxylic acids is 1. The number of nitrogens with zero attached hydrogens (tertiary/aromatic N) is 2. The summed E-state index contributed by atoms with van der Waals surface area (Å²) in [5, 5.41) is 7.78. The number of amides is 1. The highest BCUT2D eigenvalue weighted by atomic mass is 16.5. The second-order valence-corrected chi connectivity index (χ2v) is 7.84. The SMILES string of the molecule is COc1cccc(Cn2nc(C)c(NC(=O)/C(=C\c3ccccc3)c3ccccc3)c2C)c1. The van der Waals surface area contributed by atoms with E-state index in [4.69, 9.17) is 4.74 Å². The van der Waals surface area contributed by atoms with Gasteiger partial charge in [-0.15, -0.1) is 0 Å². The van der Waals surface area contributed by atoms with Gasteiger partial charge in [0.05, 0.1) is 30.7 Å². The topological polar surface area (TPSA) is 56.1 Å². The number of hydrogen-bond acceptors (Lipinski definition) is 3. The first-order valence-electron chi connectivity index (χ1n) is 10.9. The number of ether oxygens (including phenoxy) is 1. The molecule has 0 radical (unpaired) electrons. The molecular formula is C28H27N3O2. The van der Waals surface area contributed by atoms with E-state index in [0.717, 1.165) is 39.5 Å². The average Bonchev–Trinajstić information content (AvgIpc) is 3.11. The Morgan fingerprint density at radius 3 is 2.36 bits per heavy atom. The molecule has 1 N–H and O–H groups in total. The number of hydrogen-bond donors (Lipinski definition) is 1. The molecule has 0 spiro atoms. The molecule has 3 aromatic carbocycles. The van der Waals surface area contributed by atoms with Crippen LogP contribution >= 0.6 is 0 Å². The predicted molar refractivity (Wildman–Crippen MR) is 133 cm³/mol. The van der Waals surface area contributed by atoms with Gasteiger partial charge < -0.3 is 10.1 Å². The van der Waals surface area contributed by atoms with Crippen LogP contribution in [0, 0.1) is 13.8 Å². The summed E-state index contributed by atoms with van der Waals surface area (Å²) in [5.41, 5.74) is 5.91. The molecule has 166 valence electrons. The van der Waals surface area contributed by atoms with Crippen molar-refractivity contribution in [2.45, 2.75) is 20.4 Å². The van der Waals surface area contributed by atoms with Gasteiger partial charge >= 0.3 is 0 Å². The third-order valence-corrected chi connectivity index (χ3v) is 5.53. The first-order valence-corrected chi connectivity index (χ1v) is 10.9. The molecule has 1 heterocycles. The summed E-state index contributed by atoms with van der Waals surface area (Å²) in [6, 6.07) is 27.5. The van der Waals surface area contributed by atoms with Crippen LogP contribution in [0.5, 0.6) is 5.75 Å². The number of nitrogens with one attached hydrogen (secondary N) is 1. The van der Waals surface area contributed by atoms with E-state index in [9.17, 15) is 4.79 Å². The fourth-order valence-electron chi connectivity index (χ4n) is 3.77. The van der Waals surface area contributed by atoms with Crippen LogP contribution in [0.2, 0.25) is 0 Å². The van der Waals surface area contributed by atoms with Gasteiger partial charge in [-0.3, -0.25) is 9.48 Å². The Labute approximate surface area is 194 Å². The molecule has 0 unspecified atom stereocenters. The number of benzene rings is 3. The highest BCUT2D eigenvalue weighted by molar-refractivity contribution is 6.29. The van der Waals surface area contributed by atoms with Crippen LogP contribution in [0.25, 0.3) is 11.6 Å². The summed E-state index contributed by atoms with van der Waals surface area (Å²) >= 11 is 0. The lowest BCUT2D eigenvalue weighted by Gasteiger charge is -2.11. The summed E-state index contributed by atoms with van der Waals surface area (Å²) in [4.78, 5) is 13.4. The Morgan fingerprint density at radius 2 is 1.67 bits per heavy atom. The molecule has 0 bridgehead atoms. The van der Waals surface area contributed by atoms with E-state index in [1.54, 1.807) is 7.11 Å². The lowest BCUT2D eigenvalue weighted by Crippen LogP contribution is -2.15. The molecule has 5 nitrogen and oxygen atoms in total. The normalized spacial score (nSPS) is 11.3. The van der Waals surface area contributed by atoms with E-state index < -0.39 is 0 Å². The molecule has 1 amide bonds. The molecule has 0 fully saturated rings. The Kier molecular flexibility index (Phi) is 6.69. The molecule has 4 rings (SSSR count). The predicted octanol–water partition coefficient (Wildman–Crippen LogP) is 5.74. The van der Waals surface area contributed by atoms with Crippen molar-refractivity contribution in [2.75, 3.05) is 12.4 Å². The second kappa shape index (κ2) is 10.0. The van der Waals surface area contributed by atoms with E-state index >= 15 is 0 Å². The zero-order valence-electron chi connectivity index (χ0n) is 19.1. The molecule has 5 heteroatoms. The summed E-state index contributed by atoms with van der Waals surface area (Å²) in [6.45, 7) is 4.47. The monoisotopic (exact) mass is 437 g/mol. The van der Waals surface area contributed by atoms with Gasteiger partial charge in [-0.1, -0.05) is 72.8 Å². The van der Waals surface area contributed by atoms with Gasteiger partial charge in [-0.25, -0.2) is 0 Å². The maximum Gasteiger partial charge on any atom is 0.256 e. The molecule has 1 aromatic heterocycles. The lowest BCUT2D eigenvalue weighted by molar-refractivity contribution is -0.111. The van der Waals surface area contributed by atoms with Crippen LogP contribution < -0.4 is 10.1 Å². The van der Waals surface area contributed by atoms with Crippen LogP contribution in [0.4, 0.5) is 5.69 Å². The van der Waals surface area contributed by atoms with Crippen molar-refractivity contribution in [2.24, 2.45) is 0 Å². The van der Waals surface area contributed by atoms with Crippen molar-refractivity contribution in [3.63, 3.8) is 0 Å². The maximum absolute atomic E-state index is 13.4. The van der Waals surface area contributed by atoms with E-state index in [1.807, 2.05) is 110 Å². The fourth-order valence-corrected chi connectivity index (χ4v) is 3.77.